The molecule has 0 saturated carbocycles. The molecule has 1 unspecified atom stereocenters. The van der Waals surface area contributed by atoms with Crippen LogP contribution in [0.15, 0.2) is 30.3 Å². The minimum Gasteiger partial charge on any atom is -0.469 e. The Morgan fingerprint density at radius 1 is 1.31 bits per heavy atom. The van der Waals surface area contributed by atoms with E-state index in [1.54, 1.807) is 0 Å². The van der Waals surface area contributed by atoms with E-state index in [0.717, 1.165) is 6.42 Å². The van der Waals surface area contributed by atoms with Crippen LogP contribution in [-0.4, -0.2) is 32.1 Å². The van der Waals surface area contributed by atoms with Crippen LogP contribution in [-0.2, 0) is 9.53 Å². The summed E-state index contributed by atoms with van der Waals surface area (Å²) in [4.78, 5) is 13.3. The van der Waals surface area contributed by atoms with Gasteiger partial charge in [0, 0.05) is 12.5 Å². The van der Waals surface area contributed by atoms with Crippen LogP contribution in [0.1, 0.15) is 24.4 Å². The van der Waals surface area contributed by atoms with Crippen LogP contribution < -0.4 is 0 Å². The maximum absolute atomic E-state index is 11.1. The van der Waals surface area contributed by atoms with Crippen molar-refractivity contribution in [1.82, 2.24) is 4.90 Å². The van der Waals surface area contributed by atoms with Crippen molar-refractivity contribution in [2.45, 2.75) is 18.9 Å². The number of ether oxygens (including phenoxy) is 1. The van der Waals surface area contributed by atoms with Crippen LogP contribution in [0.4, 0.5) is 0 Å². The topological polar surface area (TPSA) is 29.5 Å². The molecule has 0 fully saturated rings. The summed E-state index contributed by atoms with van der Waals surface area (Å²) in [6, 6.07) is 10.5. The van der Waals surface area contributed by atoms with Crippen LogP contribution in [0.2, 0.25) is 0 Å². The van der Waals surface area contributed by atoms with Gasteiger partial charge in [0.15, 0.2) is 0 Å². The summed E-state index contributed by atoms with van der Waals surface area (Å²) in [5.41, 5.74) is 1.23. The minimum atomic E-state index is -0.150. The molecule has 0 amide bonds. The molecular formula is C13H19NO2. The van der Waals surface area contributed by atoms with Gasteiger partial charge in [0.05, 0.1) is 7.11 Å². The highest BCUT2D eigenvalue weighted by Gasteiger charge is 2.15. The molecule has 0 heterocycles. The summed E-state index contributed by atoms with van der Waals surface area (Å²) in [7, 11) is 5.47. The Balaban J connectivity index is 2.66. The molecule has 1 atom stereocenters. The molecule has 0 saturated heterocycles. The number of methoxy groups -OCH3 is 1. The molecule has 0 aliphatic rings. The Kier molecular flexibility index (Phi) is 4.99. The second-order valence-electron chi connectivity index (χ2n) is 4.00. The second kappa shape index (κ2) is 6.28. The maximum atomic E-state index is 11.1. The molecule has 0 radical (unpaired) electrons. The molecule has 0 N–H and O–H groups in total. The highest BCUT2D eigenvalue weighted by Crippen LogP contribution is 2.23. The van der Waals surface area contributed by atoms with Gasteiger partial charge in [-0.15, -0.1) is 0 Å². The monoisotopic (exact) mass is 221 g/mol. The van der Waals surface area contributed by atoms with E-state index < -0.39 is 0 Å². The summed E-state index contributed by atoms with van der Waals surface area (Å²) in [5, 5.41) is 0. The molecule has 0 aliphatic carbocycles. The van der Waals surface area contributed by atoms with E-state index in [4.69, 9.17) is 0 Å². The van der Waals surface area contributed by atoms with Gasteiger partial charge in [0.2, 0.25) is 0 Å². The first-order valence-electron chi connectivity index (χ1n) is 5.43. The molecule has 1 rings (SSSR count). The zero-order valence-electron chi connectivity index (χ0n) is 10.1. The number of hydrogen-bond acceptors (Lipinski definition) is 3. The average Bonchev–Trinajstić information content (AvgIpc) is 2.30. The van der Waals surface area contributed by atoms with E-state index in [-0.39, 0.29) is 12.0 Å². The Hall–Kier alpha value is -1.35. The SMILES string of the molecule is COC(=O)CCC(c1ccccc1)N(C)C. The largest absolute Gasteiger partial charge is 0.469 e. The Bertz CT molecular complexity index is 322. The van der Waals surface area contributed by atoms with Gasteiger partial charge >= 0.3 is 5.97 Å². The van der Waals surface area contributed by atoms with E-state index in [2.05, 4.69) is 21.8 Å². The average molecular weight is 221 g/mol. The van der Waals surface area contributed by atoms with E-state index >= 15 is 0 Å². The molecule has 16 heavy (non-hydrogen) atoms. The van der Waals surface area contributed by atoms with Gasteiger partial charge < -0.3 is 9.64 Å². The van der Waals surface area contributed by atoms with Crippen molar-refractivity contribution in [3.8, 4) is 0 Å². The number of carbonyl (C=O) groups is 1. The summed E-state index contributed by atoms with van der Waals surface area (Å²) in [6.45, 7) is 0. The van der Waals surface area contributed by atoms with E-state index in [0.29, 0.717) is 6.42 Å². The van der Waals surface area contributed by atoms with E-state index in [1.165, 1.54) is 12.7 Å². The highest BCUT2D eigenvalue weighted by atomic mass is 16.5. The van der Waals surface area contributed by atoms with Crippen molar-refractivity contribution < 1.29 is 9.53 Å². The van der Waals surface area contributed by atoms with Crippen molar-refractivity contribution in [2.24, 2.45) is 0 Å². The zero-order chi connectivity index (χ0) is 12.0. The number of hydrogen-bond donors (Lipinski definition) is 0. The highest BCUT2D eigenvalue weighted by molar-refractivity contribution is 5.69. The van der Waals surface area contributed by atoms with E-state index in [1.807, 2.05) is 32.3 Å². The van der Waals surface area contributed by atoms with Crippen molar-refractivity contribution in [3.63, 3.8) is 0 Å². The predicted molar refractivity (Wildman–Crippen MR) is 64.1 cm³/mol. The third-order valence-electron chi connectivity index (χ3n) is 2.66. The third kappa shape index (κ3) is 3.66. The molecular weight excluding hydrogens is 202 g/mol. The third-order valence-corrected chi connectivity index (χ3v) is 2.66. The number of carbonyl (C=O) groups excluding carboxylic acids is 1. The summed E-state index contributed by atoms with van der Waals surface area (Å²) >= 11 is 0. The fraction of sp³-hybridized carbons (Fsp3) is 0.462. The van der Waals surface area contributed by atoms with Gasteiger partial charge in [0.25, 0.3) is 0 Å². The molecule has 0 aromatic heterocycles. The van der Waals surface area contributed by atoms with E-state index in [9.17, 15) is 4.79 Å². The first-order chi connectivity index (χ1) is 7.65. The normalized spacial score (nSPS) is 12.5. The van der Waals surface area contributed by atoms with Gasteiger partial charge in [-0.2, -0.15) is 0 Å². The minimum absolute atomic E-state index is 0.150. The number of benzene rings is 1. The van der Waals surface area contributed by atoms with Crippen molar-refractivity contribution in [1.29, 1.82) is 0 Å². The lowest BCUT2D eigenvalue weighted by molar-refractivity contribution is -0.141. The second-order valence-corrected chi connectivity index (χ2v) is 4.00. The molecule has 1 aromatic carbocycles. The molecule has 1 aromatic rings. The smallest absolute Gasteiger partial charge is 0.305 e. The Morgan fingerprint density at radius 2 is 1.94 bits per heavy atom. The zero-order valence-corrected chi connectivity index (χ0v) is 10.1. The summed E-state index contributed by atoms with van der Waals surface area (Å²) < 4.78 is 4.66. The summed E-state index contributed by atoms with van der Waals surface area (Å²) in [6.07, 6.45) is 1.23. The lowest BCUT2D eigenvalue weighted by Crippen LogP contribution is -2.21. The molecule has 0 spiro atoms. The molecule has 3 nitrogen and oxygen atoms in total. The van der Waals surface area contributed by atoms with Crippen molar-refractivity contribution in [3.05, 3.63) is 35.9 Å². The van der Waals surface area contributed by atoms with Gasteiger partial charge in [-0.3, -0.25) is 4.79 Å². The van der Waals surface area contributed by atoms with Crippen LogP contribution in [0.25, 0.3) is 0 Å². The molecule has 3 heteroatoms. The molecule has 0 bridgehead atoms. The van der Waals surface area contributed by atoms with Gasteiger partial charge in [-0.05, 0) is 26.1 Å². The Morgan fingerprint density at radius 3 is 2.44 bits per heavy atom. The number of nitrogens with zero attached hydrogens (tertiary/aromatic N) is 1. The van der Waals surface area contributed by atoms with Gasteiger partial charge in [-0.1, -0.05) is 30.3 Å². The van der Waals surface area contributed by atoms with Crippen molar-refractivity contribution in [2.75, 3.05) is 21.2 Å². The maximum Gasteiger partial charge on any atom is 0.305 e. The first-order valence-corrected chi connectivity index (χ1v) is 5.43. The summed E-state index contributed by atoms with van der Waals surface area (Å²) in [5.74, 6) is -0.150. The van der Waals surface area contributed by atoms with Crippen LogP contribution >= 0.6 is 0 Å². The van der Waals surface area contributed by atoms with Crippen LogP contribution in [0.5, 0.6) is 0 Å². The van der Waals surface area contributed by atoms with Gasteiger partial charge in [0.1, 0.15) is 0 Å². The van der Waals surface area contributed by atoms with Gasteiger partial charge in [-0.25, -0.2) is 0 Å². The fourth-order valence-electron chi connectivity index (χ4n) is 1.75. The predicted octanol–water partition coefficient (Wildman–Crippen LogP) is 2.24. The number of esters is 1. The number of rotatable bonds is 5. The Labute approximate surface area is 97.0 Å². The lowest BCUT2D eigenvalue weighted by Gasteiger charge is -2.24. The van der Waals surface area contributed by atoms with Crippen LogP contribution in [0.3, 0.4) is 0 Å². The molecule has 88 valence electrons. The standard InChI is InChI=1S/C13H19NO2/c1-14(2)12(9-10-13(15)16-3)11-7-5-4-6-8-11/h4-8,12H,9-10H2,1-3H3. The van der Waals surface area contributed by atoms with Crippen LogP contribution in [0, 0.1) is 0 Å². The quantitative estimate of drug-likeness (QED) is 0.714. The lowest BCUT2D eigenvalue weighted by atomic mass is 10.0. The molecule has 0 aliphatic heterocycles. The fourth-order valence-corrected chi connectivity index (χ4v) is 1.75. The van der Waals surface area contributed by atoms with Crippen molar-refractivity contribution >= 4 is 5.97 Å². The first kappa shape index (κ1) is 12.7.